The van der Waals surface area contributed by atoms with Gasteiger partial charge in [-0.05, 0) is 73.8 Å². The summed E-state index contributed by atoms with van der Waals surface area (Å²) >= 11 is 1.59. The molecule has 0 heterocycles. The van der Waals surface area contributed by atoms with E-state index in [9.17, 15) is 18.0 Å². The minimum Gasteiger partial charge on any atom is -0.452 e. The summed E-state index contributed by atoms with van der Waals surface area (Å²) in [5.74, 6) is -1.20. The summed E-state index contributed by atoms with van der Waals surface area (Å²) in [7, 11) is -3.80. The topological polar surface area (TPSA) is 102 Å². The average molecular weight is 471 g/mol. The number of amides is 1. The van der Waals surface area contributed by atoms with Crippen LogP contribution < -0.4 is 10.0 Å². The fourth-order valence-corrected chi connectivity index (χ4v) is 4.16. The number of thioether (sulfide) groups is 1. The van der Waals surface area contributed by atoms with Crippen molar-refractivity contribution >= 4 is 45.0 Å². The number of carbonyl (C=O) groups excluding carboxylic acids is 2. The molecule has 0 aliphatic rings. The molecule has 0 unspecified atom stereocenters. The first-order chi connectivity index (χ1) is 15.3. The third-order valence-corrected chi connectivity index (χ3v) is 6.55. The van der Waals surface area contributed by atoms with E-state index in [0.29, 0.717) is 11.4 Å². The zero-order valence-electron chi connectivity index (χ0n) is 17.5. The third-order valence-electron chi connectivity index (χ3n) is 4.41. The molecule has 3 rings (SSSR count). The van der Waals surface area contributed by atoms with Gasteiger partial charge in [0.15, 0.2) is 6.61 Å². The van der Waals surface area contributed by atoms with Crippen LogP contribution in [0.25, 0.3) is 0 Å². The van der Waals surface area contributed by atoms with Crippen molar-refractivity contribution in [2.45, 2.75) is 16.7 Å². The van der Waals surface area contributed by atoms with Gasteiger partial charge < -0.3 is 10.1 Å². The maximum atomic E-state index is 12.5. The number of esters is 1. The van der Waals surface area contributed by atoms with Crippen LogP contribution in [0.15, 0.2) is 82.6 Å². The first-order valence-corrected chi connectivity index (χ1v) is 12.3. The van der Waals surface area contributed by atoms with E-state index in [1.807, 2.05) is 25.3 Å². The maximum Gasteiger partial charge on any atom is 0.338 e. The largest absolute Gasteiger partial charge is 0.452 e. The second-order valence-electron chi connectivity index (χ2n) is 6.85. The fourth-order valence-electron chi connectivity index (χ4n) is 2.69. The number of hydrogen-bond acceptors (Lipinski definition) is 6. The highest BCUT2D eigenvalue weighted by molar-refractivity contribution is 7.98. The molecule has 0 saturated heterocycles. The van der Waals surface area contributed by atoms with Gasteiger partial charge in [0, 0.05) is 16.3 Å². The van der Waals surface area contributed by atoms with Gasteiger partial charge in [-0.3, -0.25) is 9.52 Å². The second kappa shape index (κ2) is 10.3. The first kappa shape index (κ1) is 23.4. The van der Waals surface area contributed by atoms with E-state index >= 15 is 0 Å². The normalized spacial score (nSPS) is 10.9. The summed E-state index contributed by atoms with van der Waals surface area (Å²) in [6.07, 6.45) is 1.95. The molecule has 0 spiro atoms. The van der Waals surface area contributed by atoms with Gasteiger partial charge in [-0.15, -0.1) is 11.8 Å². The number of hydrogen-bond donors (Lipinski definition) is 2. The van der Waals surface area contributed by atoms with Crippen molar-refractivity contribution < 1.29 is 22.7 Å². The summed E-state index contributed by atoms with van der Waals surface area (Å²) < 4.78 is 32.5. The number of aryl methyl sites for hydroxylation is 1. The van der Waals surface area contributed by atoms with E-state index in [4.69, 9.17) is 4.74 Å². The van der Waals surface area contributed by atoms with Gasteiger partial charge in [0.2, 0.25) is 0 Å². The van der Waals surface area contributed by atoms with Gasteiger partial charge in [-0.1, -0.05) is 17.7 Å². The van der Waals surface area contributed by atoms with Crippen molar-refractivity contribution in [2.24, 2.45) is 0 Å². The molecule has 0 atom stereocenters. The molecule has 9 heteroatoms. The van der Waals surface area contributed by atoms with Crippen molar-refractivity contribution in [3.8, 4) is 0 Å². The van der Waals surface area contributed by atoms with Gasteiger partial charge >= 0.3 is 5.97 Å². The highest BCUT2D eigenvalue weighted by Gasteiger charge is 2.16. The summed E-state index contributed by atoms with van der Waals surface area (Å²) in [6, 6.07) is 19.5. The van der Waals surface area contributed by atoms with Gasteiger partial charge in [-0.25, -0.2) is 13.2 Å². The van der Waals surface area contributed by atoms with Crippen molar-refractivity contribution in [3.63, 3.8) is 0 Å². The van der Waals surface area contributed by atoms with Crippen molar-refractivity contribution in [3.05, 3.63) is 83.9 Å². The number of sulfonamides is 1. The van der Waals surface area contributed by atoms with Crippen LogP contribution >= 0.6 is 11.8 Å². The predicted octanol–water partition coefficient (Wildman–Crippen LogP) is 4.31. The smallest absolute Gasteiger partial charge is 0.338 e. The van der Waals surface area contributed by atoms with Crippen molar-refractivity contribution in [2.75, 3.05) is 22.9 Å². The minimum atomic E-state index is -3.80. The molecule has 3 aromatic rings. The quantitative estimate of drug-likeness (QED) is 0.376. The summed E-state index contributed by atoms with van der Waals surface area (Å²) in [5.41, 5.74) is 2.18. The average Bonchev–Trinajstić information content (AvgIpc) is 2.79. The van der Waals surface area contributed by atoms with Crippen molar-refractivity contribution in [1.82, 2.24) is 0 Å². The molecule has 32 heavy (non-hydrogen) atoms. The Bertz CT molecular complexity index is 1190. The molecule has 0 aliphatic carbocycles. The predicted molar refractivity (Wildman–Crippen MR) is 126 cm³/mol. The number of nitrogens with one attached hydrogen (secondary N) is 2. The lowest BCUT2D eigenvalue weighted by Crippen LogP contribution is -2.21. The molecule has 3 aromatic carbocycles. The van der Waals surface area contributed by atoms with Crippen LogP contribution in [0.5, 0.6) is 0 Å². The Kier molecular flexibility index (Phi) is 7.55. The molecule has 2 N–H and O–H groups in total. The Morgan fingerprint density at radius 1 is 0.875 bits per heavy atom. The highest BCUT2D eigenvalue weighted by Crippen LogP contribution is 2.19. The monoisotopic (exact) mass is 470 g/mol. The Morgan fingerprint density at radius 3 is 2.06 bits per heavy atom. The molecule has 7 nitrogen and oxygen atoms in total. The lowest BCUT2D eigenvalue weighted by Gasteiger charge is -2.09. The summed E-state index contributed by atoms with van der Waals surface area (Å²) in [5, 5.41) is 2.64. The molecule has 0 bridgehead atoms. The molecule has 166 valence electrons. The first-order valence-electron chi connectivity index (χ1n) is 9.57. The second-order valence-corrected chi connectivity index (χ2v) is 9.41. The van der Waals surface area contributed by atoms with Gasteiger partial charge in [0.05, 0.1) is 10.5 Å². The fraction of sp³-hybridized carbons (Fsp3) is 0.130. The standard InChI is InChI=1S/C23H22N2O5S2/c1-16-3-7-19(8-4-16)25-32(28,29)21-13-5-17(6-14-21)23(27)30-15-22(26)24-18-9-11-20(31-2)12-10-18/h3-14,25H,15H2,1-2H3,(H,24,26). The van der Waals surface area contributed by atoms with Crippen LogP contribution in [0, 0.1) is 6.92 Å². The Hall–Kier alpha value is -3.30. The van der Waals surface area contributed by atoms with E-state index in [2.05, 4.69) is 10.0 Å². The van der Waals surface area contributed by atoms with Crippen LogP contribution in [0.4, 0.5) is 11.4 Å². The number of rotatable bonds is 8. The van der Waals surface area contributed by atoms with Crippen LogP contribution in [0.3, 0.4) is 0 Å². The molecule has 0 radical (unpaired) electrons. The van der Waals surface area contributed by atoms with E-state index in [1.165, 1.54) is 24.3 Å². The molecular weight excluding hydrogens is 448 g/mol. The minimum absolute atomic E-state index is 0.000979. The van der Waals surface area contributed by atoms with E-state index in [-0.39, 0.29) is 10.5 Å². The van der Waals surface area contributed by atoms with E-state index in [1.54, 1.807) is 48.2 Å². The SMILES string of the molecule is CSc1ccc(NC(=O)COC(=O)c2ccc(S(=O)(=O)Nc3ccc(C)cc3)cc2)cc1. The molecule has 0 fully saturated rings. The zero-order valence-corrected chi connectivity index (χ0v) is 19.1. The van der Waals surface area contributed by atoms with E-state index in [0.717, 1.165) is 10.5 Å². The lowest BCUT2D eigenvalue weighted by molar-refractivity contribution is -0.119. The molecule has 0 aromatic heterocycles. The number of anilines is 2. The molecular formula is C23H22N2O5S2. The number of benzene rings is 3. The van der Waals surface area contributed by atoms with Crippen LogP contribution in [0.1, 0.15) is 15.9 Å². The van der Waals surface area contributed by atoms with Gasteiger partial charge in [0.1, 0.15) is 0 Å². The molecule has 0 aliphatic heterocycles. The molecule has 0 saturated carbocycles. The van der Waals surface area contributed by atoms with Crippen LogP contribution in [-0.2, 0) is 19.6 Å². The summed E-state index contributed by atoms with van der Waals surface area (Å²) in [6.45, 7) is 1.45. The maximum absolute atomic E-state index is 12.5. The third kappa shape index (κ3) is 6.35. The summed E-state index contributed by atoms with van der Waals surface area (Å²) in [4.78, 5) is 25.3. The van der Waals surface area contributed by atoms with Crippen LogP contribution in [0.2, 0.25) is 0 Å². The Labute approximate surface area is 191 Å². The zero-order chi connectivity index (χ0) is 23.1. The highest BCUT2D eigenvalue weighted by atomic mass is 32.2. The number of ether oxygens (including phenoxy) is 1. The van der Waals surface area contributed by atoms with Gasteiger partial charge in [-0.2, -0.15) is 0 Å². The van der Waals surface area contributed by atoms with Gasteiger partial charge in [0.25, 0.3) is 15.9 Å². The Morgan fingerprint density at radius 2 is 1.47 bits per heavy atom. The molecule has 1 amide bonds. The Balaban J connectivity index is 1.55. The van der Waals surface area contributed by atoms with Crippen molar-refractivity contribution in [1.29, 1.82) is 0 Å². The lowest BCUT2D eigenvalue weighted by atomic mass is 10.2. The number of carbonyl (C=O) groups is 2. The van der Waals surface area contributed by atoms with Crippen LogP contribution in [-0.4, -0.2) is 33.2 Å². The van der Waals surface area contributed by atoms with E-state index < -0.39 is 28.5 Å².